The van der Waals surface area contributed by atoms with E-state index >= 15 is 0 Å². The maximum absolute atomic E-state index is 12.1. The molecule has 0 aliphatic carbocycles. The number of hydrogen-bond donors (Lipinski definition) is 2. The molecule has 0 heterocycles. The molecule has 3 N–H and O–H groups in total. The maximum Gasteiger partial charge on any atom is 0.257 e. The van der Waals surface area contributed by atoms with Crippen LogP contribution < -0.4 is 11.1 Å². The number of carbonyl (C=O) groups excluding carboxylic acids is 1. The summed E-state index contributed by atoms with van der Waals surface area (Å²) in [5.74, 6) is -0.296. The van der Waals surface area contributed by atoms with Gasteiger partial charge < -0.3 is 11.1 Å². The number of amides is 1. The van der Waals surface area contributed by atoms with Crippen molar-refractivity contribution < 1.29 is 4.79 Å². The lowest BCUT2D eigenvalue weighted by atomic mass is 10.1. The average Bonchev–Trinajstić information content (AvgIpc) is 2.33. The molecule has 2 aromatic rings. The Morgan fingerprint density at radius 1 is 1.16 bits per heavy atom. The van der Waals surface area contributed by atoms with Crippen LogP contribution in [0.25, 0.3) is 0 Å². The van der Waals surface area contributed by atoms with Crippen LogP contribution in [0.2, 0.25) is 10.0 Å². The molecule has 0 aliphatic rings. The molecule has 0 atom stereocenters. The van der Waals surface area contributed by atoms with E-state index in [0.29, 0.717) is 27.0 Å². The zero-order valence-electron chi connectivity index (χ0n) is 10.2. The van der Waals surface area contributed by atoms with E-state index in [1.54, 1.807) is 30.3 Å². The Kier molecular flexibility index (Phi) is 3.98. The molecule has 0 saturated heterocycles. The molecule has 0 spiro atoms. The van der Waals surface area contributed by atoms with Gasteiger partial charge in [0.15, 0.2) is 0 Å². The van der Waals surface area contributed by atoms with Gasteiger partial charge in [-0.1, -0.05) is 29.3 Å². The minimum absolute atomic E-state index is 0.296. The number of carbonyl (C=O) groups is 1. The van der Waals surface area contributed by atoms with E-state index in [2.05, 4.69) is 5.32 Å². The second-order valence-electron chi connectivity index (χ2n) is 4.15. The van der Waals surface area contributed by atoms with E-state index in [1.807, 2.05) is 13.0 Å². The van der Waals surface area contributed by atoms with Crippen LogP contribution in [0.15, 0.2) is 36.4 Å². The van der Waals surface area contributed by atoms with Gasteiger partial charge in [0.05, 0.1) is 10.6 Å². The molecule has 0 bridgehead atoms. The highest BCUT2D eigenvalue weighted by molar-refractivity contribution is 6.34. The van der Waals surface area contributed by atoms with E-state index < -0.39 is 0 Å². The van der Waals surface area contributed by atoms with Gasteiger partial charge in [0.2, 0.25) is 0 Å². The molecule has 1 amide bonds. The predicted molar refractivity (Wildman–Crippen MR) is 80.0 cm³/mol. The second kappa shape index (κ2) is 5.51. The second-order valence-corrected chi connectivity index (χ2v) is 5.00. The number of nitrogen functional groups attached to an aromatic ring is 1. The normalized spacial score (nSPS) is 10.3. The lowest BCUT2D eigenvalue weighted by Crippen LogP contribution is -2.13. The van der Waals surface area contributed by atoms with Gasteiger partial charge in [0.1, 0.15) is 0 Å². The minimum atomic E-state index is -0.296. The topological polar surface area (TPSA) is 55.1 Å². The predicted octanol–water partition coefficient (Wildman–Crippen LogP) is 4.14. The average molecular weight is 295 g/mol. The van der Waals surface area contributed by atoms with Crippen LogP contribution >= 0.6 is 23.2 Å². The Bertz CT molecular complexity index is 641. The van der Waals surface area contributed by atoms with Gasteiger partial charge in [-0.05, 0) is 42.8 Å². The molecule has 5 heteroatoms. The van der Waals surface area contributed by atoms with Gasteiger partial charge in [-0.15, -0.1) is 0 Å². The summed E-state index contributed by atoms with van der Waals surface area (Å²) in [4.78, 5) is 12.1. The summed E-state index contributed by atoms with van der Waals surface area (Å²) in [7, 11) is 0. The monoisotopic (exact) mass is 294 g/mol. The fourth-order valence-corrected chi connectivity index (χ4v) is 2.08. The first kappa shape index (κ1) is 13.7. The van der Waals surface area contributed by atoms with E-state index in [-0.39, 0.29) is 5.91 Å². The summed E-state index contributed by atoms with van der Waals surface area (Å²) < 4.78 is 0. The maximum atomic E-state index is 12.1. The number of benzene rings is 2. The molecule has 98 valence electrons. The Morgan fingerprint density at radius 2 is 1.89 bits per heavy atom. The smallest absolute Gasteiger partial charge is 0.257 e. The van der Waals surface area contributed by atoms with Gasteiger partial charge in [-0.25, -0.2) is 0 Å². The number of hydrogen-bond acceptors (Lipinski definition) is 2. The summed E-state index contributed by atoms with van der Waals surface area (Å²) >= 11 is 11.9. The van der Waals surface area contributed by atoms with Crippen LogP contribution in [0, 0.1) is 6.92 Å². The summed E-state index contributed by atoms with van der Waals surface area (Å²) in [6.07, 6.45) is 0. The highest BCUT2D eigenvalue weighted by Crippen LogP contribution is 2.23. The Hall–Kier alpha value is -1.71. The lowest BCUT2D eigenvalue weighted by molar-refractivity contribution is 0.102. The molecule has 0 saturated carbocycles. The van der Waals surface area contributed by atoms with Crippen LogP contribution in [0.3, 0.4) is 0 Å². The van der Waals surface area contributed by atoms with Crippen LogP contribution in [0.1, 0.15) is 15.9 Å². The Morgan fingerprint density at radius 3 is 2.58 bits per heavy atom. The largest absolute Gasteiger partial charge is 0.399 e. The molecule has 19 heavy (non-hydrogen) atoms. The molecule has 0 aromatic heterocycles. The van der Waals surface area contributed by atoms with Crippen molar-refractivity contribution in [1.29, 1.82) is 0 Å². The quantitative estimate of drug-likeness (QED) is 0.818. The number of anilines is 2. The van der Waals surface area contributed by atoms with Crippen molar-refractivity contribution in [1.82, 2.24) is 0 Å². The van der Waals surface area contributed by atoms with Crippen molar-refractivity contribution >= 4 is 40.5 Å². The zero-order chi connectivity index (χ0) is 14.0. The highest BCUT2D eigenvalue weighted by atomic mass is 35.5. The summed E-state index contributed by atoms with van der Waals surface area (Å²) in [6.45, 7) is 1.89. The van der Waals surface area contributed by atoms with Crippen LogP contribution in [-0.2, 0) is 0 Å². The Labute approximate surface area is 121 Å². The van der Waals surface area contributed by atoms with Gasteiger partial charge in [-0.2, -0.15) is 0 Å². The van der Waals surface area contributed by atoms with Crippen LogP contribution in [0.5, 0.6) is 0 Å². The minimum Gasteiger partial charge on any atom is -0.399 e. The molecule has 2 rings (SSSR count). The van der Waals surface area contributed by atoms with Crippen molar-refractivity contribution in [2.45, 2.75) is 6.92 Å². The summed E-state index contributed by atoms with van der Waals surface area (Å²) in [5.41, 5.74) is 8.05. The van der Waals surface area contributed by atoms with E-state index in [4.69, 9.17) is 28.9 Å². The number of aryl methyl sites for hydroxylation is 1. The fourth-order valence-electron chi connectivity index (χ4n) is 1.63. The fraction of sp³-hybridized carbons (Fsp3) is 0.0714. The van der Waals surface area contributed by atoms with E-state index in [9.17, 15) is 4.79 Å². The van der Waals surface area contributed by atoms with E-state index in [1.165, 1.54) is 0 Å². The third-order valence-corrected chi connectivity index (χ3v) is 3.23. The number of rotatable bonds is 2. The zero-order valence-corrected chi connectivity index (χ0v) is 11.7. The van der Waals surface area contributed by atoms with Gasteiger partial charge in [-0.3, -0.25) is 4.79 Å². The molecule has 0 radical (unpaired) electrons. The summed E-state index contributed by atoms with van der Waals surface area (Å²) in [5, 5.41) is 3.66. The van der Waals surface area contributed by atoms with Crippen molar-refractivity contribution in [3.8, 4) is 0 Å². The lowest BCUT2D eigenvalue weighted by Gasteiger charge is -2.10. The van der Waals surface area contributed by atoms with Crippen molar-refractivity contribution in [3.05, 3.63) is 57.6 Å². The first-order valence-electron chi connectivity index (χ1n) is 5.60. The number of nitrogens with two attached hydrogens (primary N) is 1. The van der Waals surface area contributed by atoms with Gasteiger partial charge in [0, 0.05) is 16.4 Å². The van der Waals surface area contributed by atoms with Crippen molar-refractivity contribution in [2.24, 2.45) is 0 Å². The van der Waals surface area contributed by atoms with Crippen LogP contribution in [-0.4, -0.2) is 5.91 Å². The molecule has 2 aromatic carbocycles. The van der Waals surface area contributed by atoms with Crippen molar-refractivity contribution in [3.63, 3.8) is 0 Å². The Balaban J connectivity index is 2.28. The summed E-state index contributed by atoms with van der Waals surface area (Å²) in [6, 6.07) is 10.1. The van der Waals surface area contributed by atoms with Gasteiger partial charge in [0.25, 0.3) is 5.91 Å². The molecular weight excluding hydrogens is 283 g/mol. The number of nitrogens with one attached hydrogen (secondary N) is 1. The molecule has 0 fully saturated rings. The SMILES string of the molecule is Cc1ccc(Cl)cc1NC(=O)c1ccc(N)cc1Cl. The molecule has 3 nitrogen and oxygen atoms in total. The molecular formula is C14H12Cl2N2O. The standard InChI is InChI=1S/C14H12Cl2N2O/c1-8-2-3-9(15)6-13(8)18-14(19)11-5-4-10(17)7-12(11)16/h2-7H,17H2,1H3,(H,18,19). The molecule has 0 aliphatic heterocycles. The number of halogens is 2. The van der Waals surface area contributed by atoms with E-state index in [0.717, 1.165) is 5.56 Å². The molecule has 0 unspecified atom stereocenters. The third-order valence-electron chi connectivity index (χ3n) is 2.69. The van der Waals surface area contributed by atoms with Crippen molar-refractivity contribution in [2.75, 3.05) is 11.1 Å². The first-order chi connectivity index (χ1) is 8.97. The third kappa shape index (κ3) is 3.19. The highest BCUT2D eigenvalue weighted by Gasteiger charge is 2.12. The first-order valence-corrected chi connectivity index (χ1v) is 6.35. The van der Waals surface area contributed by atoms with Crippen LogP contribution in [0.4, 0.5) is 11.4 Å². The van der Waals surface area contributed by atoms with Gasteiger partial charge >= 0.3 is 0 Å².